The van der Waals surface area contributed by atoms with E-state index in [1.165, 1.54) is 30.3 Å². The average Bonchev–Trinajstić information content (AvgIpc) is 3.05. The number of benzene rings is 2. The van der Waals surface area contributed by atoms with E-state index < -0.39 is 27.2 Å². The predicted octanol–water partition coefficient (Wildman–Crippen LogP) is 3.36. The van der Waals surface area contributed by atoms with Gasteiger partial charge in [0.25, 0.3) is 0 Å². The zero-order valence-electron chi connectivity index (χ0n) is 26.9. The summed E-state index contributed by atoms with van der Waals surface area (Å²) in [6.45, 7) is 8.03. The molecule has 0 radical (unpaired) electrons. The lowest BCUT2D eigenvalue weighted by atomic mass is 10.1. The standard InChI is InChI=1S/C34H36F2N6O5S/c1-22-8-6-11-28(48(3,45)46)31(22)42-33-25(20-27(36)30(37-33)24-9-4-5-10-26(24)35)32(38-34(42)44)41-15-14-40(21-23(41)2)29(43)12-7-13-39-16-18-47-19-17-39/h4-12,20,23H,13-19,21H2,1-3H3/b12-7+/t23-/m0/s1. The summed E-state index contributed by atoms with van der Waals surface area (Å²) in [5, 5.41) is 0.131. The number of sulfone groups is 1. The highest BCUT2D eigenvalue weighted by Crippen LogP contribution is 2.34. The van der Waals surface area contributed by atoms with Gasteiger partial charge in [0.15, 0.2) is 15.5 Å². The van der Waals surface area contributed by atoms with Gasteiger partial charge in [-0.3, -0.25) is 9.69 Å². The Morgan fingerprint density at radius 3 is 2.48 bits per heavy atom. The number of ether oxygens (including phenoxy) is 1. The molecule has 2 aliphatic rings. The summed E-state index contributed by atoms with van der Waals surface area (Å²) >= 11 is 0. The van der Waals surface area contributed by atoms with Crippen LogP contribution in [0.25, 0.3) is 28.0 Å². The highest BCUT2D eigenvalue weighted by atomic mass is 32.2. The number of hydrogen-bond donors (Lipinski definition) is 0. The largest absolute Gasteiger partial charge is 0.379 e. The molecule has 2 saturated heterocycles. The van der Waals surface area contributed by atoms with Gasteiger partial charge in [-0.1, -0.05) is 30.3 Å². The number of para-hydroxylation sites is 1. The number of aryl methyl sites for hydroxylation is 1. The number of nitrogens with zero attached hydrogens (tertiary/aromatic N) is 6. The topological polar surface area (TPSA) is 118 Å². The van der Waals surface area contributed by atoms with Crippen LogP contribution in [-0.4, -0.2) is 103 Å². The van der Waals surface area contributed by atoms with Crippen LogP contribution in [0.5, 0.6) is 0 Å². The van der Waals surface area contributed by atoms with Gasteiger partial charge >= 0.3 is 5.69 Å². The SMILES string of the molecule is Cc1cccc(S(C)(=O)=O)c1-n1c(=O)nc(N2CCN(C(=O)/C=C/CN3CCOCC3)C[C@@H]2C)c2cc(F)c(-c3ccccc3F)nc21. The van der Waals surface area contributed by atoms with Crippen LogP contribution < -0.4 is 10.6 Å². The molecule has 48 heavy (non-hydrogen) atoms. The van der Waals surface area contributed by atoms with Gasteiger partial charge in [-0.15, -0.1) is 0 Å². The maximum atomic E-state index is 15.9. The molecule has 14 heteroatoms. The quantitative estimate of drug-likeness (QED) is 0.271. The molecule has 0 bridgehead atoms. The minimum atomic E-state index is -3.84. The molecule has 6 rings (SSSR count). The lowest BCUT2D eigenvalue weighted by Crippen LogP contribution is -2.54. The summed E-state index contributed by atoms with van der Waals surface area (Å²) in [6.07, 6.45) is 4.44. The van der Waals surface area contributed by atoms with Crippen LogP contribution in [0.4, 0.5) is 14.6 Å². The molecule has 0 saturated carbocycles. The summed E-state index contributed by atoms with van der Waals surface area (Å²) < 4.78 is 63.0. The second-order valence-electron chi connectivity index (χ2n) is 12.1. The molecule has 252 valence electrons. The number of aromatic nitrogens is 3. The molecule has 4 aromatic rings. The van der Waals surface area contributed by atoms with Crippen molar-refractivity contribution in [2.75, 3.05) is 63.6 Å². The van der Waals surface area contributed by atoms with Crippen molar-refractivity contribution < 1.29 is 26.7 Å². The van der Waals surface area contributed by atoms with Crippen LogP contribution in [0.3, 0.4) is 0 Å². The lowest BCUT2D eigenvalue weighted by Gasteiger charge is -2.40. The smallest absolute Gasteiger partial charge is 0.355 e. The van der Waals surface area contributed by atoms with E-state index in [0.29, 0.717) is 38.4 Å². The molecule has 1 atom stereocenters. The van der Waals surface area contributed by atoms with Gasteiger partial charge in [0.1, 0.15) is 23.1 Å². The maximum Gasteiger partial charge on any atom is 0.355 e. The number of amides is 1. The number of halogens is 2. The van der Waals surface area contributed by atoms with E-state index in [9.17, 15) is 22.4 Å². The van der Waals surface area contributed by atoms with Gasteiger partial charge < -0.3 is 14.5 Å². The van der Waals surface area contributed by atoms with E-state index >= 15 is 4.39 Å². The Balaban J connectivity index is 1.43. The minimum absolute atomic E-state index is 0.0278. The number of fused-ring (bicyclic) bond motifs is 1. The molecule has 2 aromatic heterocycles. The molecule has 2 aliphatic heterocycles. The average molecular weight is 679 g/mol. The number of rotatable bonds is 7. The minimum Gasteiger partial charge on any atom is -0.379 e. The molecule has 4 heterocycles. The molecule has 0 N–H and O–H groups in total. The first kappa shape index (κ1) is 33.4. The zero-order chi connectivity index (χ0) is 34.2. The van der Waals surface area contributed by atoms with Crippen molar-refractivity contribution in [1.82, 2.24) is 24.3 Å². The van der Waals surface area contributed by atoms with Crippen molar-refractivity contribution in [3.63, 3.8) is 0 Å². The second kappa shape index (κ2) is 13.5. The highest BCUT2D eigenvalue weighted by Gasteiger charge is 2.31. The monoisotopic (exact) mass is 678 g/mol. The van der Waals surface area contributed by atoms with Crippen LogP contribution in [0.15, 0.2) is 70.4 Å². The molecule has 2 aromatic carbocycles. The summed E-state index contributed by atoms with van der Waals surface area (Å²) in [7, 11) is -3.84. The van der Waals surface area contributed by atoms with Crippen molar-refractivity contribution in [3.8, 4) is 16.9 Å². The Hall–Kier alpha value is -4.53. The number of carbonyl (C=O) groups is 1. The molecular weight excluding hydrogens is 642 g/mol. The Kier molecular flexibility index (Phi) is 9.41. The first-order valence-corrected chi connectivity index (χ1v) is 17.5. The van der Waals surface area contributed by atoms with Crippen LogP contribution >= 0.6 is 0 Å². The van der Waals surface area contributed by atoms with Gasteiger partial charge in [0.05, 0.1) is 29.2 Å². The van der Waals surface area contributed by atoms with E-state index in [-0.39, 0.29) is 57.2 Å². The van der Waals surface area contributed by atoms with Gasteiger partial charge in [-0.25, -0.2) is 31.5 Å². The van der Waals surface area contributed by atoms with Crippen molar-refractivity contribution in [3.05, 3.63) is 88.4 Å². The third kappa shape index (κ3) is 6.60. The molecular formula is C34H36F2N6O5S. The van der Waals surface area contributed by atoms with Gasteiger partial charge in [-0.2, -0.15) is 4.98 Å². The van der Waals surface area contributed by atoms with Crippen LogP contribution in [0.2, 0.25) is 0 Å². The third-order valence-corrected chi connectivity index (χ3v) is 9.82. The van der Waals surface area contributed by atoms with E-state index in [1.807, 2.05) is 17.9 Å². The number of pyridine rings is 1. The van der Waals surface area contributed by atoms with Crippen LogP contribution in [-0.2, 0) is 19.4 Å². The van der Waals surface area contributed by atoms with Gasteiger partial charge in [-0.05, 0) is 43.7 Å². The van der Waals surface area contributed by atoms with E-state index in [1.54, 1.807) is 30.0 Å². The zero-order valence-corrected chi connectivity index (χ0v) is 27.7. The first-order chi connectivity index (χ1) is 22.9. The second-order valence-corrected chi connectivity index (χ2v) is 14.0. The normalized spacial score (nSPS) is 17.8. The highest BCUT2D eigenvalue weighted by molar-refractivity contribution is 7.90. The van der Waals surface area contributed by atoms with Crippen molar-refractivity contribution >= 4 is 32.6 Å². The number of carbonyl (C=O) groups excluding carboxylic acids is 1. The number of morpholine rings is 1. The van der Waals surface area contributed by atoms with Crippen molar-refractivity contribution in [1.29, 1.82) is 0 Å². The van der Waals surface area contributed by atoms with Crippen LogP contribution in [0.1, 0.15) is 12.5 Å². The van der Waals surface area contributed by atoms with E-state index in [4.69, 9.17) is 4.74 Å². The summed E-state index contributed by atoms with van der Waals surface area (Å²) in [4.78, 5) is 41.5. The van der Waals surface area contributed by atoms with Crippen molar-refractivity contribution in [2.24, 2.45) is 0 Å². The third-order valence-electron chi connectivity index (χ3n) is 8.69. The fourth-order valence-electron chi connectivity index (χ4n) is 6.25. The first-order valence-electron chi connectivity index (χ1n) is 15.6. The predicted molar refractivity (Wildman–Crippen MR) is 178 cm³/mol. The summed E-state index contributed by atoms with van der Waals surface area (Å²) in [6, 6.07) is 11.0. The summed E-state index contributed by atoms with van der Waals surface area (Å²) in [5.74, 6) is -1.57. The van der Waals surface area contributed by atoms with E-state index in [0.717, 1.165) is 30.0 Å². The van der Waals surface area contributed by atoms with Crippen molar-refractivity contribution in [2.45, 2.75) is 24.8 Å². The molecule has 0 unspecified atom stereocenters. The fourth-order valence-corrected chi connectivity index (χ4v) is 7.18. The van der Waals surface area contributed by atoms with Gasteiger partial charge in [0, 0.05) is 63.2 Å². The van der Waals surface area contributed by atoms with Gasteiger partial charge in [0.2, 0.25) is 5.91 Å². The Labute approximate surface area is 277 Å². The molecule has 1 amide bonds. The molecule has 0 aliphatic carbocycles. The van der Waals surface area contributed by atoms with E-state index in [2.05, 4.69) is 14.9 Å². The summed E-state index contributed by atoms with van der Waals surface area (Å²) in [5.41, 5.74) is -0.915. The number of anilines is 1. The maximum absolute atomic E-state index is 15.9. The Bertz CT molecular complexity index is 2080. The number of hydrogen-bond acceptors (Lipinski definition) is 9. The van der Waals surface area contributed by atoms with Crippen LogP contribution in [0, 0.1) is 18.6 Å². The molecule has 0 spiro atoms. The fraction of sp³-hybridized carbons (Fsp3) is 0.353. The lowest BCUT2D eigenvalue weighted by molar-refractivity contribution is -0.126. The molecule has 11 nitrogen and oxygen atoms in total. The Morgan fingerprint density at radius 2 is 1.77 bits per heavy atom. The number of piperazine rings is 1. The Morgan fingerprint density at radius 1 is 1.02 bits per heavy atom. The molecule has 2 fully saturated rings.